The van der Waals surface area contributed by atoms with Crippen LogP contribution in [0.4, 0.5) is 11.5 Å². The third-order valence-electron chi connectivity index (χ3n) is 7.08. The molecule has 4 N–H and O–H groups in total. The summed E-state index contributed by atoms with van der Waals surface area (Å²) in [4.78, 5) is 45.3. The van der Waals surface area contributed by atoms with Gasteiger partial charge in [-0.15, -0.1) is 0 Å². The smallest absolute Gasteiger partial charge is 0.272 e. The van der Waals surface area contributed by atoms with Gasteiger partial charge in [0.1, 0.15) is 23.1 Å². The number of rotatable bonds is 6. The molecule has 0 spiro atoms. The van der Waals surface area contributed by atoms with E-state index in [0.717, 1.165) is 40.7 Å². The maximum atomic E-state index is 13.3. The summed E-state index contributed by atoms with van der Waals surface area (Å²) < 4.78 is 5.40. The van der Waals surface area contributed by atoms with Gasteiger partial charge in [0, 0.05) is 12.1 Å². The molecule has 1 atom stereocenters. The van der Waals surface area contributed by atoms with Crippen LogP contribution in [0.15, 0.2) is 36.7 Å². The SMILES string of the molecule is CC(=O)c1ccc2c(c1C)CCC2NC(=O)c1ncnc2c(NCc3ccc4c(c3)NC(=O)CO4)n[nH]c12. The highest BCUT2D eigenvalue weighted by atomic mass is 16.5. The quantitative estimate of drug-likeness (QED) is 0.288. The number of anilines is 2. The number of Topliss-reactive ketones (excluding diaryl/α,β-unsaturated/α-hetero) is 1. The van der Waals surface area contributed by atoms with Crippen LogP contribution in [0, 0.1) is 6.92 Å². The average molecular weight is 512 g/mol. The van der Waals surface area contributed by atoms with E-state index < -0.39 is 0 Å². The molecule has 1 unspecified atom stereocenters. The lowest BCUT2D eigenvalue weighted by atomic mass is 9.96. The predicted molar refractivity (Wildman–Crippen MR) is 139 cm³/mol. The molecule has 0 bridgehead atoms. The van der Waals surface area contributed by atoms with Crippen molar-refractivity contribution in [1.82, 2.24) is 25.5 Å². The number of amides is 2. The van der Waals surface area contributed by atoms with E-state index in [1.807, 2.05) is 37.3 Å². The van der Waals surface area contributed by atoms with Crippen LogP contribution in [-0.4, -0.2) is 44.4 Å². The van der Waals surface area contributed by atoms with Gasteiger partial charge in [-0.05, 0) is 61.1 Å². The van der Waals surface area contributed by atoms with E-state index in [1.54, 1.807) is 6.92 Å². The molecule has 11 heteroatoms. The molecule has 1 aliphatic heterocycles. The zero-order valence-electron chi connectivity index (χ0n) is 20.8. The first-order valence-corrected chi connectivity index (χ1v) is 12.3. The lowest BCUT2D eigenvalue weighted by Gasteiger charge is -2.18. The van der Waals surface area contributed by atoms with Crippen LogP contribution in [0.5, 0.6) is 5.75 Å². The number of aromatic nitrogens is 4. The molecule has 6 rings (SSSR count). The summed E-state index contributed by atoms with van der Waals surface area (Å²) in [5, 5.41) is 16.3. The fourth-order valence-electron chi connectivity index (χ4n) is 5.20. The van der Waals surface area contributed by atoms with E-state index in [4.69, 9.17) is 4.74 Å². The largest absolute Gasteiger partial charge is 0.482 e. The minimum atomic E-state index is -0.329. The Morgan fingerprint density at radius 2 is 2.05 bits per heavy atom. The molecule has 1 aliphatic carbocycles. The molecule has 38 heavy (non-hydrogen) atoms. The van der Waals surface area contributed by atoms with Crippen LogP contribution in [0.25, 0.3) is 11.0 Å². The van der Waals surface area contributed by atoms with Crippen molar-refractivity contribution in [2.75, 3.05) is 17.2 Å². The Labute approximate surface area is 217 Å². The molecule has 0 saturated carbocycles. The molecule has 2 aliphatic rings. The fourth-order valence-corrected chi connectivity index (χ4v) is 5.20. The van der Waals surface area contributed by atoms with E-state index in [-0.39, 0.29) is 35.9 Å². The number of nitrogens with zero attached hydrogens (tertiary/aromatic N) is 3. The second-order valence-electron chi connectivity index (χ2n) is 9.47. The number of nitrogens with one attached hydrogen (secondary N) is 4. The van der Waals surface area contributed by atoms with E-state index in [2.05, 4.69) is 36.1 Å². The normalized spacial score (nSPS) is 15.8. The Morgan fingerprint density at radius 3 is 2.89 bits per heavy atom. The van der Waals surface area contributed by atoms with Gasteiger partial charge in [-0.3, -0.25) is 19.5 Å². The number of H-pyrrole nitrogens is 1. The van der Waals surface area contributed by atoms with Crippen LogP contribution in [0.3, 0.4) is 0 Å². The minimum Gasteiger partial charge on any atom is -0.482 e. The Balaban J connectivity index is 1.19. The van der Waals surface area contributed by atoms with Crippen molar-refractivity contribution in [3.8, 4) is 5.75 Å². The summed E-state index contributed by atoms with van der Waals surface area (Å²) in [6.07, 6.45) is 2.89. The average Bonchev–Trinajstić information content (AvgIpc) is 3.51. The number of hydrogen-bond acceptors (Lipinski definition) is 8. The fraction of sp³-hybridized carbons (Fsp3) is 0.259. The summed E-state index contributed by atoms with van der Waals surface area (Å²) in [6.45, 7) is 3.95. The summed E-state index contributed by atoms with van der Waals surface area (Å²) in [5.74, 6) is 0.621. The van der Waals surface area contributed by atoms with Crippen molar-refractivity contribution in [2.24, 2.45) is 0 Å². The number of aromatic amines is 1. The monoisotopic (exact) mass is 511 g/mol. The molecule has 2 aromatic heterocycles. The van der Waals surface area contributed by atoms with E-state index in [1.165, 1.54) is 6.33 Å². The van der Waals surface area contributed by atoms with Gasteiger partial charge in [-0.25, -0.2) is 9.97 Å². The molecule has 0 radical (unpaired) electrons. The van der Waals surface area contributed by atoms with Gasteiger partial charge in [0.05, 0.1) is 11.7 Å². The molecule has 3 heterocycles. The Hall–Kier alpha value is -4.80. The number of hydrogen-bond donors (Lipinski definition) is 4. The second kappa shape index (κ2) is 9.25. The molecule has 4 aromatic rings. The summed E-state index contributed by atoms with van der Waals surface area (Å²) in [7, 11) is 0. The topological polar surface area (TPSA) is 151 Å². The first kappa shape index (κ1) is 23.6. The number of carbonyl (C=O) groups is 3. The summed E-state index contributed by atoms with van der Waals surface area (Å²) in [5.41, 5.74) is 6.51. The number of benzene rings is 2. The van der Waals surface area contributed by atoms with Gasteiger partial charge in [-0.1, -0.05) is 18.2 Å². The molecule has 2 aromatic carbocycles. The van der Waals surface area contributed by atoms with Crippen molar-refractivity contribution in [3.63, 3.8) is 0 Å². The van der Waals surface area contributed by atoms with Crippen LogP contribution < -0.4 is 20.7 Å². The van der Waals surface area contributed by atoms with E-state index >= 15 is 0 Å². The van der Waals surface area contributed by atoms with Crippen molar-refractivity contribution in [1.29, 1.82) is 0 Å². The van der Waals surface area contributed by atoms with Gasteiger partial charge < -0.3 is 20.7 Å². The summed E-state index contributed by atoms with van der Waals surface area (Å²) in [6, 6.07) is 9.14. The maximum absolute atomic E-state index is 13.3. The van der Waals surface area contributed by atoms with Crippen LogP contribution in [0.1, 0.15) is 62.5 Å². The van der Waals surface area contributed by atoms with Gasteiger partial charge in [0.2, 0.25) is 0 Å². The Kier molecular flexibility index (Phi) is 5.74. The van der Waals surface area contributed by atoms with Crippen molar-refractivity contribution < 1.29 is 19.1 Å². The number of ether oxygens (including phenoxy) is 1. The predicted octanol–water partition coefficient (Wildman–Crippen LogP) is 3.22. The molecule has 0 fully saturated rings. The molecule has 2 amide bonds. The zero-order valence-corrected chi connectivity index (χ0v) is 20.8. The highest BCUT2D eigenvalue weighted by Gasteiger charge is 2.28. The minimum absolute atomic E-state index is 0.00711. The Morgan fingerprint density at radius 1 is 1.18 bits per heavy atom. The first-order valence-electron chi connectivity index (χ1n) is 12.3. The van der Waals surface area contributed by atoms with Gasteiger partial charge in [0.15, 0.2) is 23.9 Å². The van der Waals surface area contributed by atoms with Crippen LogP contribution in [-0.2, 0) is 17.8 Å². The molecular formula is C27H25N7O4. The van der Waals surface area contributed by atoms with Crippen molar-refractivity contribution in [2.45, 2.75) is 39.3 Å². The summed E-state index contributed by atoms with van der Waals surface area (Å²) >= 11 is 0. The van der Waals surface area contributed by atoms with E-state index in [9.17, 15) is 14.4 Å². The highest BCUT2D eigenvalue weighted by Crippen LogP contribution is 2.35. The van der Waals surface area contributed by atoms with Crippen molar-refractivity contribution in [3.05, 3.63) is 70.2 Å². The second-order valence-corrected chi connectivity index (χ2v) is 9.47. The Bertz CT molecular complexity index is 1630. The molecular weight excluding hydrogens is 486 g/mol. The third kappa shape index (κ3) is 4.11. The maximum Gasteiger partial charge on any atom is 0.272 e. The number of ketones is 1. The number of carbonyl (C=O) groups excluding carboxylic acids is 3. The lowest BCUT2D eigenvalue weighted by Crippen LogP contribution is -2.28. The standard InChI is InChI=1S/C27H25N7O4/c1-13-16(14(2)35)4-5-18-17(13)6-7-19(18)32-27(37)25-23-24(29-12-30-25)26(34-33-23)28-10-15-3-8-21-20(9-15)31-22(36)11-38-21/h3-5,8-9,12,19H,6-7,10-11H2,1-2H3,(H,31,36)(H,32,37)(H2,28,33,34). The van der Waals surface area contributed by atoms with Gasteiger partial charge in [0.25, 0.3) is 11.8 Å². The van der Waals surface area contributed by atoms with Gasteiger partial charge >= 0.3 is 0 Å². The third-order valence-corrected chi connectivity index (χ3v) is 7.08. The number of fused-ring (bicyclic) bond motifs is 3. The van der Waals surface area contributed by atoms with Crippen LogP contribution in [0.2, 0.25) is 0 Å². The van der Waals surface area contributed by atoms with E-state index in [0.29, 0.717) is 34.8 Å². The molecule has 0 saturated heterocycles. The first-order chi connectivity index (χ1) is 18.4. The van der Waals surface area contributed by atoms with Crippen LogP contribution >= 0.6 is 0 Å². The molecule has 192 valence electrons. The van der Waals surface area contributed by atoms with Gasteiger partial charge in [-0.2, -0.15) is 5.10 Å². The molecule has 11 nitrogen and oxygen atoms in total. The lowest BCUT2D eigenvalue weighted by molar-refractivity contribution is -0.118. The van der Waals surface area contributed by atoms with Crippen molar-refractivity contribution >= 4 is 40.1 Å². The highest BCUT2D eigenvalue weighted by molar-refractivity contribution is 6.05. The zero-order chi connectivity index (χ0) is 26.4.